The molecule has 0 saturated carbocycles. The maximum atomic E-state index is 4.36. The van der Waals surface area contributed by atoms with Gasteiger partial charge in [0, 0.05) is 44.6 Å². The quantitative estimate of drug-likeness (QED) is 0.585. The van der Waals surface area contributed by atoms with Gasteiger partial charge < -0.3 is 10.6 Å². The molecule has 1 fully saturated rings. The average molecular weight is 366 g/mol. The first-order valence-electron chi connectivity index (χ1n) is 9.88. The van der Waals surface area contributed by atoms with Crippen LogP contribution in [0.25, 0.3) is 0 Å². The molecule has 0 aliphatic carbocycles. The molecule has 3 rings (SSSR count). The summed E-state index contributed by atoms with van der Waals surface area (Å²) in [6, 6.07) is 15.5. The molecule has 0 radical (unpaired) electrons. The molecular weight excluding hydrogens is 334 g/mol. The molecule has 0 bridgehead atoms. The second-order valence-electron chi connectivity index (χ2n) is 7.19. The third-order valence-corrected chi connectivity index (χ3v) is 5.14. The van der Waals surface area contributed by atoms with Crippen LogP contribution in [0, 0.1) is 6.92 Å². The van der Waals surface area contributed by atoms with Crippen molar-refractivity contribution in [1.29, 1.82) is 0 Å². The Morgan fingerprint density at radius 1 is 1.15 bits per heavy atom. The van der Waals surface area contributed by atoms with Gasteiger partial charge in [0.25, 0.3) is 0 Å². The Morgan fingerprint density at radius 3 is 2.74 bits per heavy atom. The van der Waals surface area contributed by atoms with Crippen molar-refractivity contribution in [3.05, 3.63) is 65.5 Å². The van der Waals surface area contributed by atoms with Crippen LogP contribution in [-0.4, -0.2) is 48.6 Å². The molecule has 1 aliphatic rings. The molecular formula is C22H31N5. The van der Waals surface area contributed by atoms with Gasteiger partial charge in [-0.3, -0.25) is 14.9 Å². The van der Waals surface area contributed by atoms with E-state index in [4.69, 9.17) is 0 Å². The number of pyridine rings is 1. The number of guanidine groups is 1. The Bertz CT molecular complexity index is 711. The van der Waals surface area contributed by atoms with Crippen molar-refractivity contribution in [2.24, 2.45) is 4.99 Å². The van der Waals surface area contributed by atoms with Crippen LogP contribution in [0.3, 0.4) is 0 Å². The Labute approximate surface area is 162 Å². The molecule has 5 heteroatoms. The molecule has 2 aromatic rings. The molecule has 2 heterocycles. The summed E-state index contributed by atoms with van der Waals surface area (Å²) >= 11 is 0. The highest BCUT2D eigenvalue weighted by Gasteiger charge is 2.24. The summed E-state index contributed by atoms with van der Waals surface area (Å²) in [5, 5.41) is 6.92. The van der Waals surface area contributed by atoms with E-state index in [0.717, 1.165) is 37.7 Å². The van der Waals surface area contributed by atoms with Crippen molar-refractivity contribution in [2.45, 2.75) is 38.8 Å². The second kappa shape index (κ2) is 10.1. The summed E-state index contributed by atoms with van der Waals surface area (Å²) in [4.78, 5) is 11.3. The molecule has 1 aliphatic heterocycles. The number of nitrogens with one attached hydrogen (secondary N) is 2. The van der Waals surface area contributed by atoms with E-state index in [1.165, 1.54) is 30.5 Å². The second-order valence-corrected chi connectivity index (χ2v) is 7.19. The molecule has 2 N–H and O–H groups in total. The summed E-state index contributed by atoms with van der Waals surface area (Å²) in [5.41, 5.74) is 3.69. The molecule has 1 aromatic heterocycles. The Balaban J connectivity index is 1.42. The van der Waals surface area contributed by atoms with Crippen molar-refractivity contribution < 1.29 is 0 Å². The van der Waals surface area contributed by atoms with Gasteiger partial charge in [0.15, 0.2) is 5.96 Å². The minimum Gasteiger partial charge on any atom is -0.356 e. The topological polar surface area (TPSA) is 52.6 Å². The van der Waals surface area contributed by atoms with Crippen molar-refractivity contribution in [3.63, 3.8) is 0 Å². The van der Waals surface area contributed by atoms with E-state index < -0.39 is 0 Å². The van der Waals surface area contributed by atoms with Gasteiger partial charge in [-0.1, -0.05) is 36.4 Å². The predicted octanol–water partition coefficient (Wildman–Crippen LogP) is 2.76. The van der Waals surface area contributed by atoms with Crippen molar-refractivity contribution in [2.75, 3.05) is 26.7 Å². The van der Waals surface area contributed by atoms with Crippen LogP contribution < -0.4 is 10.6 Å². The van der Waals surface area contributed by atoms with Gasteiger partial charge in [0.05, 0.1) is 0 Å². The summed E-state index contributed by atoms with van der Waals surface area (Å²) in [6.07, 6.45) is 5.40. The highest BCUT2D eigenvalue weighted by Crippen LogP contribution is 2.19. The first kappa shape index (κ1) is 19.4. The highest BCUT2D eigenvalue weighted by molar-refractivity contribution is 5.79. The zero-order valence-electron chi connectivity index (χ0n) is 16.5. The largest absolute Gasteiger partial charge is 0.356 e. The fraction of sp³-hybridized carbons (Fsp3) is 0.455. The van der Waals surface area contributed by atoms with Crippen LogP contribution in [0.4, 0.5) is 0 Å². The first-order valence-corrected chi connectivity index (χ1v) is 9.88. The summed E-state index contributed by atoms with van der Waals surface area (Å²) in [5.74, 6) is 0.877. The maximum Gasteiger partial charge on any atom is 0.191 e. The number of rotatable bonds is 7. The molecule has 5 nitrogen and oxygen atoms in total. The Morgan fingerprint density at radius 2 is 2.00 bits per heavy atom. The lowest BCUT2D eigenvalue weighted by Gasteiger charge is -2.25. The number of benzene rings is 1. The predicted molar refractivity (Wildman–Crippen MR) is 112 cm³/mol. The van der Waals surface area contributed by atoms with Crippen molar-refractivity contribution >= 4 is 5.96 Å². The molecule has 144 valence electrons. The molecule has 0 amide bonds. The van der Waals surface area contributed by atoms with E-state index in [1.807, 2.05) is 20.2 Å². The molecule has 1 unspecified atom stereocenters. The lowest BCUT2D eigenvalue weighted by molar-refractivity contribution is 0.245. The van der Waals surface area contributed by atoms with Crippen LogP contribution in [-0.2, 0) is 13.0 Å². The zero-order chi connectivity index (χ0) is 18.9. The van der Waals surface area contributed by atoms with Gasteiger partial charge in [-0.2, -0.15) is 0 Å². The maximum absolute atomic E-state index is 4.36. The number of nitrogens with zero attached hydrogens (tertiary/aromatic N) is 3. The number of likely N-dealkylation sites (tertiary alicyclic amines) is 1. The summed E-state index contributed by atoms with van der Waals surface area (Å²) < 4.78 is 0. The number of hydrogen-bond donors (Lipinski definition) is 2. The summed E-state index contributed by atoms with van der Waals surface area (Å²) in [6.45, 7) is 5.99. The molecule has 1 atom stereocenters. The van der Waals surface area contributed by atoms with Crippen LogP contribution in [0.2, 0.25) is 0 Å². The third-order valence-electron chi connectivity index (χ3n) is 5.14. The number of hydrogen-bond acceptors (Lipinski definition) is 3. The van der Waals surface area contributed by atoms with Crippen LogP contribution in [0.15, 0.2) is 53.7 Å². The van der Waals surface area contributed by atoms with Gasteiger partial charge in [-0.05, 0) is 49.9 Å². The standard InChI is InChI=1S/C22H31N5/c1-18-10-11-19(15-25-18)12-13-24-22(23-2)26-16-21-9-6-14-27(21)17-20-7-4-3-5-8-20/h3-5,7-8,10-11,15,21H,6,9,12-14,16-17H2,1-2H3,(H2,23,24,26). The van der Waals surface area contributed by atoms with Crippen LogP contribution in [0.5, 0.6) is 0 Å². The minimum atomic E-state index is 0.560. The van der Waals surface area contributed by atoms with Gasteiger partial charge >= 0.3 is 0 Å². The van der Waals surface area contributed by atoms with Gasteiger partial charge in [0.1, 0.15) is 0 Å². The first-order chi connectivity index (χ1) is 13.2. The van der Waals surface area contributed by atoms with Crippen LogP contribution in [0.1, 0.15) is 29.7 Å². The van der Waals surface area contributed by atoms with Gasteiger partial charge in [0.2, 0.25) is 0 Å². The SMILES string of the molecule is CN=C(NCCc1ccc(C)nc1)NCC1CCCN1Cc1ccccc1. The van der Waals surface area contributed by atoms with Crippen molar-refractivity contribution in [3.8, 4) is 0 Å². The molecule has 27 heavy (non-hydrogen) atoms. The summed E-state index contributed by atoms with van der Waals surface area (Å²) in [7, 11) is 1.83. The zero-order valence-corrected chi connectivity index (χ0v) is 16.5. The van der Waals surface area contributed by atoms with Crippen LogP contribution >= 0.6 is 0 Å². The molecule has 0 spiro atoms. The van der Waals surface area contributed by atoms with Crippen molar-refractivity contribution in [1.82, 2.24) is 20.5 Å². The van der Waals surface area contributed by atoms with Gasteiger partial charge in [-0.25, -0.2) is 0 Å². The van der Waals surface area contributed by atoms with Gasteiger partial charge in [-0.15, -0.1) is 0 Å². The number of aryl methyl sites for hydroxylation is 1. The highest BCUT2D eigenvalue weighted by atomic mass is 15.2. The molecule has 1 aromatic carbocycles. The fourth-order valence-corrected chi connectivity index (χ4v) is 3.56. The van der Waals surface area contributed by atoms with E-state index in [2.05, 4.69) is 68.0 Å². The number of aromatic nitrogens is 1. The Kier molecular flexibility index (Phi) is 7.22. The lowest BCUT2D eigenvalue weighted by Crippen LogP contribution is -2.45. The minimum absolute atomic E-state index is 0.560. The monoisotopic (exact) mass is 365 g/mol. The smallest absolute Gasteiger partial charge is 0.191 e. The normalized spacial score (nSPS) is 17.9. The average Bonchev–Trinajstić information content (AvgIpc) is 3.14. The lowest BCUT2D eigenvalue weighted by atomic mass is 10.2. The third kappa shape index (κ3) is 6.07. The fourth-order valence-electron chi connectivity index (χ4n) is 3.56. The van der Waals surface area contributed by atoms with E-state index in [1.54, 1.807) is 0 Å². The van der Waals surface area contributed by atoms with E-state index in [9.17, 15) is 0 Å². The molecule has 1 saturated heterocycles. The Hall–Kier alpha value is -2.40. The number of aliphatic imine (C=N–C) groups is 1. The van der Waals surface area contributed by atoms with E-state index in [0.29, 0.717) is 6.04 Å². The van der Waals surface area contributed by atoms with E-state index in [-0.39, 0.29) is 0 Å². The van der Waals surface area contributed by atoms with E-state index >= 15 is 0 Å².